The summed E-state index contributed by atoms with van der Waals surface area (Å²) in [4.78, 5) is 14.7. The summed E-state index contributed by atoms with van der Waals surface area (Å²) in [6, 6.07) is 18.0. The minimum Gasteiger partial charge on any atom is -0.383 e. The third kappa shape index (κ3) is 9.39. The Balaban J connectivity index is 0.000000243. The molecule has 0 radical (unpaired) electrons. The highest BCUT2D eigenvalue weighted by molar-refractivity contribution is 5.82. The quantitative estimate of drug-likeness (QED) is 0.428. The maximum absolute atomic E-state index is 10.5. The second-order valence-electron chi connectivity index (χ2n) is 7.70. The van der Waals surface area contributed by atoms with Gasteiger partial charge in [0.2, 0.25) is 0 Å². The van der Waals surface area contributed by atoms with E-state index in [2.05, 4.69) is 46.8 Å². The third-order valence-electron chi connectivity index (χ3n) is 5.35. The number of carbonyl (C=O) groups excluding carboxylic acids is 1. The number of nitrogens with zero attached hydrogens (tertiary/aromatic N) is 1. The summed E-state index contributed by atoms with van der Waals surface area (Å²) in [5.41, 5.74) is 5.28. The largest absolute Gasteiger partial charge is 0.383 e. The van der Waals surface area contributed by atoms with E-state index < -0.39 is 0 Å². The molecule has 0 spiro atoms. The second-order valence-corrected chi connectivity index (χ2v) is 7.70. The van der Waals surface area contributed by atoms with E-state index in [4.69, 9.17) is 4.74 Å². The van der Waals surface area contributed by atoms with Crippen molar-refractivity contribution < 1.29 is 9.53 Å². The molecule has 174 valence electrons. The number of hydrogen-bond donors (Lipinski definition) is 2. The van der Waals surface area contributed by atoms with Gasteiger partial charge in [0.15, 0.2) is 0 Å². The first-order chi connectivity index (χ1) is 16.1. The van der Waals surface area contributed by atoms with Gasteiger partial charge >= 0.3 is 0 Å². The topological polar surface area (TPSA) is 62.7 Å². The van der Waals surface area contributed by atoms with Crippen LogP contribution < -0.4 is 10.6 Å². The van der Waals surface area contributed by atoms with Gasteiger partial charge in [-0.3, -0.25) is 9.79 Å². The molecule has 2 unspecified atom stereocenters. The van der Waals surface area contributed by atoms with Crippen molar-refractivity contribution >= 4 is 12.0 Å². The lowest BCUT2D eigenvalue weighted by Gasteiger charge is -2.17. The average Bonchev–Trinajstić information content (AvgIpc) is 3.12. The van der Waals surface area contributed by atoms with Crippen molar-refractivity contribution in [3.05, 3.63) is 96.2 Å². The van der Waals surface area contributed by atoms with Gasteiger partial charge in [0.1, 0.15) is 6.29 Å². The number of benzene rings is 2. The molecule has 0 saturated carbocycles. The molecule has 5 nitrogen and oxygen atoms in total. The molecule has 1 aliphatic carbocycles. The molecule has 0 saturated heterocycles. The number of likely N-dealkylation sites (N-methyl/N-ethyl adjacent to an activating group) is 1. The highest BCUT2D eigenvalue weighted by Crippen LogP contribution is 2.18. The van der Waals surface area contributed by atoms with E-state index in [1.54, 1.807) is 7.11 Å². The SMILES string of the molecule is CN=C(C)CC(CNC1=CC=CC(OC)C=C1)NC.O=Cc1ccc(-c2ccccc2)cc1. The Morgan fingerprint density at radius 3 is 2.39 bits per heavy atom. The minimum absolute atomic E-state index is 0.0603. The first kappa shape index (κ1) is 26.0. The zero-order valence-electron chi connectivity index (χ0n) is 20.0. The van der Waals surface area contributed by atoms with Crippen LogP contribution >= 0.6 is 0 Å². The summed E-state index contributed by atoms with van der Waals surface area (Å²) in [5, 5.41) is 6.74. The van der Waals surface area contributed by atoms with Crippen LogP contribution in [0.25, 0.3) is 11.1 Å². The monoisotopic (exact) mass is 445 g/mol. The standard InChI is InChI=1S/C15H25N3O.C13H10O/c1-12(16-2)10-14(17-3)11-18-13-6-5-7-15(19-4)9-8-13;14-10-11-6-8-13(9-7-11)12-4-2-1-3-5-12/h5-9,14-15,17-18H,10-11H2,1-4H3;1-10H. The Hall–Kier alpha value is -3.28. The minimum atomic E-state index is 0.0603. The van der Waals surface area contributed by atoms with Gasteiger partial charge < -0.3 is 15.4 Å². The van der Waals surface area contributed by atoms with Crippen LogP contribution in [0.4, 0.5) is 0 Å². The molecule has 0 amide bonds. The van der Waals surface area contributed by atoms with Crippen molar-refractivity contribution in [2.45, 2.75) is 25.5 Å². The lowest BCUT2D eigenvalue weighted by atomic mass is 10.0. The van der Waals surface area contributed by atoms with Crippen molar-refractivity contribution in [1.29, 1.82) is 0 Å². The molecule has 33 heavy (non-hydrogen) atoms. The van der Waals surface area contributed by atoms with Gasteiger partial charge in [-0.15, -0.1) is 0 Å². The Morgan fingerprint density at radius 2 is 1.79 bits per heavy atom. The Morgan fingerprint density at radius 1 is 1.09 bits per heavy atom. The highest BCUT2D eigenvalue weighted by Gasteiger charge is 2.08. The first-order valence-corrected chi connectivity index (χ1v) is 11.1. The summed E-state index contributed by atoms with van der Waals surface area (Å²) < 4.78 is 5.27. The van der Waals surface area contributed by atoms with Crippen LogP contribution in [0.15, 0.2) is 95.7 Å². The average molecular weight is 446 g/mol. The maximum atomic E-state index is 10.5. The number of nitrogens with one attached hydrogen (secondary N) is 2. The second kappa shape index (κ2) is 14.7. The van der Waals surface area contributed by atoms with Gasteiger partial charge in [-0.05, 0) is 43.3 Å². The number of rotatable bonds is 9. The number of allylic oxidation sites excluding steroid dienone is 3. The van der Waals surface area contributed by atoms with E-state index in [1.807, 2.05) is 74.8 Å². The number of hydrogen-bond acceptors (Lipinski definition) is 5. The molecule has 2 atom stereocenters. The Labute approximate surface area is 198 Å². The molecule has 0 fully saturated rings. The van der Waals surface area contributed by atoms with Crippen molar-refractivity contribution in [2.75, 3.05) is 27.7 Å². The Kier molecular flexibility index (Phi) is 11.6. The molecule has 0 aliphatic heterocycles. The zero-order chi connectivity index (χ0) is 23.9. The first-order valence-electron chi connectivity index (χ1n) is 11.1. The van der Waals surface area contributed by atoms with Crippen LogP contribution in [0.2, 0.25) is 0 Å². The van der Waals surface area contributed by atoms with E-state index in [9.17, 15) is 4.79 Å². The molecule has 1 aliphatic rings. The summed E-state index contributed by atoms with van der Waals surface area (Å²) in [6.07, 6.45) is 12.1. The molecular formula is C28H35N3O2. The third-order valence-corrected chi connectivity index (χ3v) is 5.35. The fraction of sp³-hybridized carbons (Fsp3) is 0.286. The molecule has 3 rings (SSSR count). The lowest BCUT2D eigenvalue weighted by molar-refractivity contribution is 0.112. The normalized spacial score (nSPS) is 16.2. The molecule has 2 aromatic rings. The lowest BCUT2D eigenvalue weighted by Crippen LogP contribution is -2.37. The van der Waals surface area contributed by atoms with Crippen LogP contribution in [0.3, 0.4) is 0 Å². The predicted molar refractivity (Wildman–Crippen MR) is 139 cm³/mol. The molecule has 0 aromatic heterocycles. The van der Waals surface area contributed by atoms with Crippen LogP contribution in [0.1, 0.15) is 23.7 Å². The van der Waals surface area contributed by atoms with Crippen molar-refractivity contribution in [1.82, 2.24) is 10.6 Å². The number of ether oxygens (including phenoxy) is 1. The van der Waals surface area contributed by atoms with Crippen molar-refractivity contribution in [2.24, 2.45) is 4.99 Å². The van der Waals surface area contributed by atoms with Gasteiger partial charge in [0.25, 0.3) is 0 Å². The summed E-state index contributed by atoms with van der Waals surface area (Å²) in [5.74, 6) is 0. The fourth-order valence-electron chi connectivity index (χ4n) is 3.21. The summed E-state index contributed by atoms with van der Waals surface area (Å²) >= 11 is 0. The van der Waals surface area contributed by atoms with Gasteiger partial charge in [0.05, 0.1) is 6.10 Å². The number of carbonyl (C=O) groups is 1. The highest BCUT2D eigenvalue weighted by atomic mass is 16.5. The number of methoxy groups -OCH3 is 1. The fourth-order valence-corrected chi connectivity index (χ4v) is 3.21. The zero-order valence-corrected chi connectivity index (χ0v) is 20.0. The number of aldehydes is 1. The van der Waals surface area contributed by atoms with E-state index in [0.717, 1.165) is 36.2 Å². The predicted octanol–water partition coefficient (Wildman–Crippen LogP) is 4.84. The van der Waals surface area contributed by atoms with Crippen molar-refractivity contribution in [3.8, 4) is 11.1 Å². The molecule has 0 bridgehead atoms. The van der Waals surface area contributed by atoms with Crippen LogP contribution in [0.5, 0.6) is 0 Å². The van der Waals surface area contributed by atoms with E-state index in [1.165, 1.54) is 5.56 Å². The number of aliphatic imine (C=N–C) groups is 1. The molecule has 0 heterocycles. The van der Waals surface area contributed by atoms with E-state index in [-0.39, 0.29) is 6.10 Å². The van der Waals surface area contributed by atoms with Gasteiger partial charge in [0, 0.05) is 50.1 Å². The van der Waals surface area contributed by atoms with Crippen LogP contribution in [-0.2, 0) is 4.74 Å². The van der Waals surface area contributed by atoms with E-state index in [0.29, 0.717) is 11.6 Å². The summed E-state index contributed by atoms with van der Waals surface area (Å²) in [7, 11) is 5.52. The van der Waals surface area contributed by atoms with Crippen LogP contribution in [0, 0.1) is 0 Å². The van der Waals surface area contributed by atoms with Crippen LogP contribution in [-0.4, -0.2) is 51.9 Å². The van der Waals surface area contributed by atoms with Gasteiger partial charge in [-0.25, -0.2) is 0 Å². The summed E-state index contributed by atoms with van der Waals surface area (Å²) in [6.45, 7) is 2.92. The molecule has 2 N–H and O–H groups in total. The Bertz CT molecular complexity index is 960. The molecule has 2 aromatic carbocycles. The molecule has 5 heteroatoms. The van der Waals surface area contributed by atoms with Gasteiger partial charge in [-0.2, -0.15) is 0 Å². The smallest absolute Gasteiger partial charge is 0.150 e. The van der Waals surface area contributed by atoms with E-state index >= 15 is 0 Å². The maximum Gasteiger partial charge on any atom is 0.150 e. The van der Waals surface area contributed by atoms with Crippen molar-refractivity contribution in [3.63, 3.8) is 0 Å². The van der Waals surface area contributed by atoms with Gasteiger partial charge in [-0.1, -0.05) is 66.7 Å². The molecular weight excluding hydrogens is 410 g/mol.